The molecule has 0 amide bonds. The van der Waals surface area contributed by atoms with Gasteiger partial charge in [0.2, 0.25) is 10.0 Å². The second kappa shape index (κ2) is 4.91. The van der Waals surface area contributed by atoms with Gasteiger partial charge in [0, 0.05) is 19.2 Å². The van der Waals surface area contributed by atoms with Gasteiger partial charge in [0.1, 0.15) is 5.82 Å². The van der Waals surface area contributed by atoms with Crippen LogP contribution in [0.15, 0.2) is 52.2 Å². The first-order valence-corrected chi connectivity index (χ1v) is 6.67. The summed E-state index contributed by atoms with van der Waals surface area (Å²) in [6, 6.07) is 6.43. The highest BCUT2D eigenvalue weighted by Gasteiger charge is 2.21. The molecule has 6 heteroatoms. The fourth-order valence-electron chi connectivity index (χ4n) is 1.51. The van der Waals surface area contributed by atoms with Gasteiger partial charge in [-0.1, -0.05) is 0 Å². The number of hydrogen-bond donors (Lipinski definition) is 0. The number of benzene rings is 1. The van der Waals surface area contributed by atoms with Crippen LogP contribution in [0.2, 0.25) is 0 Å². The zero-order valence-corrected chi connectivity index (χ0v) is 10.5. The molecule has 0 aliphatic carbocycles. The van der Waals surface area contributed by atoms with E-state index in [0.717, 1.165) is 17.7 Å². The summed E-state index contributed by atoms with van der Waals surface area (Å²) in [5.41, 5.74) is 0.753. The van der Waals surface area contributed by atoms with Crippen LogP contribution in [0.5, 0.6) is 0 Å². The molecule has 0 fully saturated rings. The van der Waals surface area contributed by atoms with Crippen molar-refractivity contribution in [2.24, 2.45) is 0 Å². The normalized spacial score (nSPS) is 11.9. The first-order chi connectivity index (χ1) is 8.50. The molecule has 1 heterocycles. The van der Waals surface area contributed by atoms with Crippen LogP contribution < -0.4 is 0 Å². The molecular weight excluding hydrogens is 257 g/mol. The molecular formula is C12H12FNO3S. The Morgan fingerprint density at radius 2 is 1.89 bits per heavy atom. The van der Waals surface area contributed by atoms with Gasteiger partial charge in [-0.15, -0.1) is 0 Å². The molecule has 96 valence electrons. The predicted molar refractivity (Wildman–Crippen MR) is 63.8 cm³/mol. The van der Waals surface area contributed by atoms with E-state index in [1.165, 1.54) is 36.0 Å². The lowest BCUT2D eigenvalue weighted by Crippen LogP contribution is -2.26. The van der Waals surface area contributed by atoms with Gasteiger partial charge in [0.15, 0.2) is 0 Å². The van der Waals surface area contributed by atoms with Gasteiger partial charge in [-0.05, 0) is 30.3 Å². The largest absolute Gasteiger partial charge is 0.472 e. The fraction of sp³-hybridized carbons (Fsp3) is 0.167. The van der Waals surface area contributed by atoms with Gasteiger partial charge in [-0.25, -0.2) is 12.8 Å². The Hall–Kier alpha value is -1.66. The van der Waals surface area contributed by atoms with Crippen molar-refractivity contribution >= 4 is 10.0 Å². The van der Waals surface area contributed by atoms with E-state index < -0.39 is 15.8 Å². The van der Waals surface area contributed by atoms with Crippen LogP contribution in [-0.2, 0) is 16.6 Å². The first kappa shape index (κ1) is 12.8. The van der Waals surface area contributed by atoms with Crippen LogP contribution in [0.3, 0.4) is 0 Å². The van der Waals surface area contributed by atoms with Gasteiger partial charge in [-0.3, -0.25) is 0 Å². The Balaban J connectivity index is 2.22. The maximum absolute atomic E-state index is 12.8. The van der Waals surface area contributed by atoms with E-state index in [0.29, 0.717) is 0 Å². The molecule has 4 nitrogen and oxygen atoms in total. The Bertz CT molecular complexity index is 605. The van der Waals surface area contributed by atoms with E-state index in [4.69, 9.17) is 4.42 Å². The van der Waals surface area contributed by atoms with E-state index in [2.05, 4.69) is 0 Å². The van der Waals surface area contributed by atoms with Gasteiger partial charge in [0.05, 0.1) is 17.4 Å². The summed E-state index contributed by atoms with van der Waals surface area (Å²) < 4.78 is 43.1. The molecule has 2 rings (SSSR count). The zero-order valence-electron chi connectivity index (χ0n) is 9.71. The highest BCUT2D eigenvalue weighted by atomic mass is 32.2. The smallest absolute Gasteiger partial charge is 0.243 e. The summed E-state index contributed by atoms with van der Waals surface area (Å²) in [7, 11) is -2.14. The Kier molecular flexibility index (Phi) is 3.49. The van der Waals surface area contributed by atoms with Gasteiger partial charge in [0.25, 0.3) is 0 Å². The summed E-state index contributed by atoms with van der Waals surface area (Å²) in [6.45, 7) is 0.205. The quantitative estimate of drug-likeness (QED) is 0.855. The summed E-state index contributed by atoms with van der Waals surface area (Å²) in [5.74, 6) is -0.466. The van der Waals surface area contributed by atoms with Crippen molar-refractivity contribution in [3.05, 3.63) is 54.2 Å². The minimum Gasteiger partial charge on any atom is -0.472 e. The van der Waals surface area contributed by atoms with Gasteiger partial charge < -0.3 is 4.42 Å². The molecule has 0 aliphatic heterocycles. The third-order valence-corrected chi connectivity index (χ3v) is 4.32. The van der Waals surface area contributed by atoms with Crippen molar-refractivity contribution < 1.29 is 17.2 Å². The molecule has 1 aromatic heterocycles. The van der Waals surface area contributed by atoms with Crippen molar-refractivity contribution in [3.63, 3.8) is 0 Å². The molecule has 0 bridgehead atoms. The molecule has 0 saturated heterocycles. The molecule has 0 unspecified atom stereocenters. The highest BCUT2D eigenvalue weighted by molar-refractivity contribution is 7.89. The highest BCUT2D eigenvalue weighted by Crippen LogP contribution is 2.17. The molecule has 1 aromatic carbocycles. The number of rotatable bonds is 4. The monoisotopic (exact) mass is 269 g/mol. The molecule has 0 spiro atoms. The minimum atomic E-state index is -3.61. The number of sulfonamides is 1. The molecule has 0 N–H and O–H groups in total. The van der Waals surface area contributed by atoms with Crippen molar-refractivity contribution in [3.8, 4) is 0 Å². The van der Waals surface area contributed by atoms with Crippen LogP contribution in [-0.4, -0.2) is 19.8 Å². The van der Waals surface area contributed by atoms with E-state index in [1.807, 2.05) is 0 Å². The number of halogens is 1. The fourth-order valence-corrected chi connectivity index (χ4v) is 2.67. The molecule has 18 heavy (non-hydrogen) atoms. The number of hydrogen-bond acceptors (Lipinski definition) is 3. The number of furan rings is 1. The topological polar surface area (TPSA) is 50.5 Å². The van der Waals surface area contributed by atoms with Crippen LogP contribution in [0.25, 0.3) is 0 Å². The average molecular weight is 269 g/mol. The Morgan fingerprint density at radius 1 is 1.22 bits per heavy atom. The minimum absolute atomic E-state index is 0.0647. The lowest BCUT2D eigenvalue weighted by Gasteiger charge is -2.16. The van der Waals surface area contributed by atoms with Gasteiger partial charge >= 0.3 is 0 Å². The average Bonchev–Trinajstić information content (AvgIpc) is 2.82. The Morgan fingerprint density at radius 3 is 2.44 bits per heavy atom. The van der Waals surface area contributed by atoms with E-state index in [9.17, 15) is 12.8 Å². The third kappa shape index (κ3) is 2.60. The molecule has 0 aliphatic rings. The first-order valence-electron chi connectivity index (χ1n) is 5.23. The van der Waals surface area contributed by atoms with Crippen molar-refractivity contribution in [1.29, 1.82) is 0 Å². The van der Waals surface area contributed by atoms with Crippen LogP contribution in [0.1, 0.15) is 5.56 Å². The second-order valence-corrected chi connectivity index (χ2v) is 5.89. The van der Waals surface area contributed by atoms with Crippen molar-refractivity contribution in [2.45, 2.75) is 11.4 Å². The van der Waals surface area contributed by atoms with Crippen LogP contribution in [0, 0.1) is 5.82 Å². The van der Waals surface area contributed by atoms with E-state index >= 15 is 0 Å². The summed E-state index contributed by atoms with van der Waals surface area (Å²) >= 11 is 0. The number of nitrogens with zero attached hydrogens (tertiary/aromatic N) is 1. The van der Waals surface area contributed by atoms with E-state index in [1.54, 1.807) is 6.07 Å². The lowest BCUT2D eigenvalue weighted by molar-refractivity contribution is 0.463. The van der Waals surface area contributed by atoms with Gasteiger partial charge in [-0.2, -0.15) is 4.31 Å². The van der Waals surface area contributed by atoms with Crippen LogP contribution in [0.4, 0.5) is 4.39 Å². The SMILES string of the molecule is CN(Cc1ccoc1)S(=O)(=O)c1ccc(F)cc1. The lowest BCUT2D eigenvalue weighted by atomic mass is 10.3. The van der Waals surface area contributed by atoms with Crippen molar-refractivity contribution in [1.82, 2.24) is 4.31 Å². The summed E-state index contributed by atoms with van der Waals surface area (Å²) in [6.07, 6.45) is 2.96. The van der Waals surface area contributed by atoms with Crippen LogP contribution >= 0.6 is 0 Å². The molecule has 2 aromatic rings. The van der Waals surface area contributed by atoms with E-state index in [-0.39, 0.29) is 11.4 Å². The molecule has 0 atom stereocenters. The summed E-state index contributed by atoms with van der Waals surface area (Å²) in [5, 5.41) is 0. The third-order valence-electron chi connectivity index (χ3n) is 2.51. The Labute approximate surface area is 105 Å². The standard InChI is InChI=1S/C12H12FNO3S/c1-14(8-10-6-7-17-9-10)18(15,16)12-4-2-11(13)3-5-12/h2-7,9H,8H2,1H3. The van der Waals surface area contributed by atoms with Crippen molar-refractivity contribution in [2.75, 3.05) is 7.05 Å². The molecule has 0 radical (unpaired) electrons. The summed E-state index contributed by atoms with van der Waals surface area (Å²) in [4.78, 5) is 0.0647. The zero-order chi connectivity index (χ0) is 13.2. The molecule has 0 saturated carbocycles. The maximum atomic E-state index is 12.8. The maximum Gasteiger partial charge on any atom is 0.243 e. The second-order valence-electron chi connectivity index (χ2n) is 3.85. The predicted octanol–water partition coefficient (Wildman–Crippen LogP) is 2.24.